The number of allylic oxidation sites excluding steroid dienone is 1. The predicted octanol–water partition coefficient (Wildman–Crippen LogP) is 5.27. The third-order valence-electron chi connectivity index (χ3n) is 7.73. The van der Waals surface area contributed by atoms with Gasteiger partial charge in [-0.1, -0.05) is 49.7 Å². The summed E-state index contributed by atoms with van der Waals surface area (Å²) >= 11 is 5.99. The van der Waals surface area contributed by atoms with E-state index in [1.807, 2.05) is 27.7 Å². The van der Waals surface area contributed by atoms with Crippen molar-refractivity contribution in [1.82, 2.24) is 24.3 Å². The summed E-state index contributed by atoms with van der Waals surface area (Å²) in [6, 6.07) is 8.68. The van der Waals surface area contributed by atoms with Crippen molar-refractivity contribution in [1.29, 1.82) is 0 Å². The highest BCUT2D eigenvalue weighted by atomic mass is 35.5. The smallest absolute Gasteiger partial charge is 0.264 e. The lowest BCUT2D eigenvalue weighted by Crippen LogP contribution is -2.60. The van der Waals surface area contributed by atoms with Crippen molar-refractivity contribution >= 4 is 23.4 Å². The molecule has 1 fully saturated rings. The van der Waals surface area contributed by atoms with Gasteiger partial charge in [0.1, 0.15) is 23.6 Å². The van der Waals surface area contributed by atoms with Crippen LogP contribution in [0.25, 0.3) is 11.3 Å². The first-order valence-corrected chi connectivity index (χ1v) is 14.8. The van der Waals surface area contributed by atoms with Crippen LogP contribution in [0.2, 0.25) is 5.02 Å². The molecule has 1 saturated heterocycles. The fourth-order valence-corrected chi connectivity index (χ4v) is 5.54. The molecule has 0 radical (unpaired) electrons. The summed E-state index contributed by atoms with van der Waals surface area (Å²) < 4.78 is 17.7. The number of hydrogen-bond donors (Lipinski definition) is 1. The minimum absolute atomic E-state index is 0.0344. The Balaban J connectivity index is 1.88. The van der Waals surface area contributed by atoms with Gasteiger partial charge >= 0.3 is 0 Å². The Morgan fingerprint density at radius 3 is 2.38 bits per heavy atom. The quantitative estimate of drug-likeness (QED) is 0.306. The summed E-state index contributed by atoms with van der Waals surface area (Å²) in [6.07, 6.45) is 1.70. The van der Waals surface area contributed by atoms with Gasteiger partial charge in [0.25, 0.3) is 11.5 Å². The van der Waals surface area contributed by atoms with Crippen molar-refractivity contribution in [2.24, 2.45) is 0 Å². The first-order chi connectivity index (χ1) is 19.9. The Morgan fingerprint density at radius 1 is 1.14 bits per heavy atom. The zero-order chi connectivity index (χ0) is 30.8. The Kier molecular flexibility index (Phi) is 9.40. The van der Waals surface area contributed by atoms with E-state index in [9.17, 15) is 18.8 Å². The number of alkyl halides is 1. The molecule has 0 saturated carbocycles. The molecule has 2 amide bonds. The zero-order valence-corrected chi connectivity index (χ0v) is 25.8. The number of nitrogens with one attached hydrogen (secondary N) is 1. The van der Waals surface area contributed by atoms with Crippen molar-refractivity contribution in [3.05, 3.63) is 86.2 Å². The van der Waals surface area contributed by atoms with E-state index >= 15 is 0 Å². The summed E-state index contributed by atoms with van der Waals surface area (Å²) in [5.74, 6) is -0.0552. The maximum atomic E-state index is 14.3. The number of hydrogen-bond acceptors (Lipinski definition) is 4. The number of aryl methyl sites for hydroxylation is 2. The molecule has 8 nitrogen and oxygen atoms in total. The third-order valence-corrected chi connectivity index (χ3v) is 7.98. The molecule has 0 bridgehead atoms. The van der Waals surface area contributed by atoms with Gasteiger partial charge in [0.05, 0.1) is 24.5 Å². The number of carbonyl (C=O) groups excluding carboxylic acids is 2. The minimum Gasteiger partial charge on any atom is -0.348 e. The molecule has 0 unspecified atom stereocenters. The van der Waals surface area contributed by atoms with Gasteiger partial charge in [-0.15, -0.1) is 0 Å². The molecule has 2 aromatic heterocycles. The number of rotatable bonds is 11. The topological polar surface area (TPSA) is 89.2 Å². The first-order valence-electron chi connectivity index (χ1n) is 14.4. The SMILES string of the molecule is C=C(CC)Cc1c(-c2c(C)nc(CC)n2CC)cc(C(=O)NCc2ccc(Cl)cc2)c(=O)n1CC(=O)N1CC(C)(F)C1. The second-order valence-corrected chi connectivity index (χ2v) is 11.6. The molecule has 224 valence electrons. The number of likely N-dealkylation sites (tertiary alicyclic amines) is 1. The maximum Gasteiger partial charge on any atom is 0.264 e. The number of amides is 2. The second kappa shape index (κ2) is 12.7. The molecule has 1 N–H and O–H groups in total. The van der Waals surface area contributed by atoms with Crippen LogP contribution in [0.1, 0.15) is 67.2 Å². The lowest BCUT2D eigenvalue weighted by molar-refractivity contribution is -0.144. The van der Waals surface area contributed by atoms with Gasteiger partial charge in [-0.3, -0.25) is 14.4 Å². The largest absolute Gasteiger partial charge is 0.348 e. The van der Waals surface area contributed by atoms with Crippen LogP contribution in [0.4, 0.5) is 4.39 Å². The monoisotopic (exact) mass is 595 g/mol. The van der Waals surface area contributed by atoms with E-state index in [4.69, 9.17) is 16.6 Å². The second-order valence-electron chi connectivity index (χ2n) is 11.1. The van der Waals surface area contributed by atoms with Crippen LogP contribution in [-0.4, -0.2) is 49.6 Å². The summed E-state index contributed by atoms with van der Waals surface area (Å²) in [7, 11) is 0. The summed E-state index contributed by atoms with van der Waals surface area (Å²) in [5.41, 5.74) is 2.36. The number of nitrogens with zero attached hydrogens (tertiary/aromatic N) is 4. The Hall–Kier alpha value is -3.72. The minimum atomic E-state index is -1.45. The number of imidazole rings is 1. The number of benzene rings is 1. The molecule has 1 aliphatic heterocycles. The molecule has 3 aromatic rings. The van der Waals surface area contributed by atoms with Crippen LogP contribution in [0.15, 0.2) is 47.3 Å². The fraction of sp³-hybridized carbons (Fsp3) is 0.438. The number of halogens is 2. The average Bonchev–Trinajstić information content (AvgIpc) is 3.27. The van der Waals surface area contributed by atoms with Gasteiger partial charge < -0.3 is 19.4 Å². The molecular weight excluding hydrogens is 557 g/mol. The van der Waals surface area contributed by atoms with E-state index < -0.39 is 17.1 Å². The van der Waals surface area contributed by atoms with Gasteiger partial charge in [-0.25, -0.2) is 9.37 Å². The molecule has 4 rings (SSSR count). The van der Waals surface area contributed by atoms with Gasteiger partial charge in [-0.2, -0.15) is 0 Å². The van der Waals surface area contributed by atoms with Crippen LogP contribution in [-0.2, 0) is 37.3 Å². The molecule has 10 heteroatoms. The molecule has 0 spiro atoms. The Bertz CT molecular complexity index is 1560. The summed E-state index contributed by atoms with van der Waals surface area (Å²) in [6.45, 7) is 14.0. The lowest BCUT2D eigenvalue weighted by atomic mass is 9.97. The van der Waals surface area contributed by atoms with E-state index in [0.717, 1.165) is 28.3 Å². The molecule has 42 heavy (non-hydrogen) atoms. The van der Waals surface area contributed by atoms with Crippen LogP contribution in [0.5, 0.6) is 0 Å². The van der Waals surface area contributed by atoms with Crippen LogP contribution >= 0.6 is 11.6 Å². The third kappa shape index (κ3) is 6.51. The Labute approximate surface area is 251 Å². The van der Waals surface area contributed by atoms with E-state index in [0.29, 0.717) is 42.1 Å². The highest BCUT2D eigenvalue weighted by Gasteiger charge is 2.41. The number of aromatic nitrogens is 3. The summed E-state index contributed by atoms with van der Waals surface area (Å²) in [5, 5.41) is 3.42. The highest BCUT2D eigenvalue weighted by Crippen LogP contribution is 2.31. The number of carbonyl (C=O) groups is 2. The van der Waals surface area contributed by atoms with Crippen LogP contribution < -0.4 is 10.9 Å². The van der Waals surface area contributed by atoms with Gasteiger partial charge in [0, 0.05) is 42.2 Å². The van der Waals surface area contributed by atoms with E-state index in [1.165, 1.54) is 16.4 Å². The average molecular weight is 596 g/mol. The molecule has 1 aliphatic rings. The number of pyridine rings is 1. The lowest BCUT2D eigenvalue weighted by Gasteiger charge is -2.42. The molecule has 0 atom stereocenters. The van der Waals surface area contributed by atoms with E-state index in [2.05, 4.69) is 16.5 Å². The molecular formula is C32H39ClFN5O3. The predicted molar refractivity (Wildman–Crippen MR) is 164 cm³/mol. The standard InChI is InChI=1S/C32H39ClFN5O3/c1-7-20(4)14-26-24(29-21(5)36-27(8-2)38(29)9-3)15-25(30(41)35-16-22-10-12-23(33)13-11-22)31(42)39(26)17-28(40)37-18-32(6,34)19-37/h10-13,15H,4,7-9,14,16-19H2,1-3,5-6H3,(H,35,41). The molecule has 1 aromatic carbocycles. The molecule has 0 aliphatic carbocycles. The van der Waals surface area contributed by atoms with E-state index in [1.54, 1.807) is 30.3 Å². The van der Waals surface area contributed by atoms with Crippen molar-refractivity contribution in [2.45, 2.75) is 79.2 Å². The highest BCUT2D eigenvalue weighted by molar-refractivity contribution is 6.30. The van der Waals surface area contributed by atoms with Crippen molar-refractivity contribution in [2.75, 3.05) is 13.1 Å². The van der Waals surface area contributed by atoms with Gasteiger partial charge in [-0.05, 0) is 51.0 Å². The zero-order valence-electron chi connectivity index (χ0n) is 25.0. The summed E-state index contributed by atoms with van der Waals surface area (Å²) in [4.78, 5) is 47.1. The van der Waals surface area contributed by atoms with Gasteiger partial charge in [0.15, 0.2) is 0 Å². The van der Waals surface area contributed by atoms with Crippen molar-refractivity contribution in [3.63, 3.8) is 0 Å². The molecule has 3 heterocycles. The van der Waals surface area contributed by atoms with Crippen molar-refractivity contribution < 1.29 is 14.0 Å². The van der Waals surface area contributed by atoms with Crippen molar-refractivity contribution in [3.8, 4) is 11.3 Å². The van der Waals surface area contributed by atoms with Gasteiger partial charge in [0.2, 0.25) is 5.91 Å². The fourth-order valence-electron chi connectivity index (χ4n) is 5.41. The maximum absolute atomic E-state index is 14.3. The first kappa shape index (κ1) is 31.2. The van der Waals surface area contributed by atoms with Crippen LogP contribution in [0, 0.1) is 6.92 Å². The van der Waals surface area contributed by atoms with E-state index in [-0.39, 0.29) is 37.6 Å². The Morgan fingerprint density at radius 2 is 1.81 bits per heavy atom. The normalized spacial score (nSPS) is 14.0. The van der Waals surface area contributed by atoms with Crippen LogP contribution in [0.3, 0.4) is 0 Å².